The van der Waals surface area contributed by atoms with Gasteiger partial charge in [-0.15, -0.1) is 0 Å². The van der Waals surface area contributed by atoms with Gasteiger partial charge in [-0.25, -0.2) is 4.79 Å². The molecular formula is C24H30O3. The highest BCUT2D eigenvalue weighted by molar-refractivity contribution is 5.85. The van der Waals surface area contributed by atoms with Crippen molar-refractivity contribution in [3.05, 3.63) is 82.9 Å². The van der Waals surface area contributed by atoms with Gasteiger partial charge >= 0.3 is 5.97 Å². The standard InChI is InChI=1S/C12H14O2.C12H16O/c1-9(2)11-6-3-10(4-7-11)5-8-12(13)14;1-10(2)12-7-5-11(6-8-12)4-3-9-13/h3-9H,1-2H3,(H,13,14);3-8,10,13H,9H2,1-2H3/b8-5+;4-3+. The van der Waals surface area contributed by atoms with Gasteiger partial charge in [0.1, 0.15) is 0 Å². The summed E-state index contributed by atoms with van der Waals surface area (Å²) in [5.74, 6) is 0.168. The van der Waals surface area contributed by atoms with Gasteiger partial charge in [-0.2, -0.15) is 0 Å². The molecule has 2 N–H and O–H groups in total. The molecule has 0 aliphatic carbocycles. The fourth-order valence-corrected chi connectivity index (χ4v) is 2.34. The maximum absolute atomic E-state index is 10.3. The van der Waals surface area contributed by atoms with Gasteiger partial charge in [0.25, 0.3) is 0 Å². The minimum absolute atomic E-state index is 0.103. The van der Waals surface area contributed by atoms with E-state index >= 15 is 0 Å². The van der Waals surface area contributed by atoms with E-state index in [4.69, 9.17) is 10.2 Å². The molecule has 0 saturated carbocycles. The van der Waals surface area contributed by atoms with E-state index in [1.165, 1.54) is 11.1 Å². The molecule has 3 heteroatoms. The van der Waals surface area contributed by atoms with E-state index in [0.29, 0.717) is 11.8 Å². The summed E-state index contributed by atoms with van der Waals surface area (Å²) in [7, 11) is 0. The summed E-state index contributed by atoms with van der Waals surface area (Å²) < 4.78 is 0. The Kier molecular flexibility index (Phi) is 9.84. The molecule has 0 radical (unpaired) electrons. The fraction of sp³-hybridized carbons (Fsp3) is 0.292. The summed E-state index contributed by atoms with van der Waals surface area (Å²) in [5, 5.41) is 17.0. The predicted octanol–water partition coefficient (Wildman–Crippen LogP) is 5.72. The number of aliphatic hydroxyl groups excluding tert-OH is 1. The molecule has 0 amide bonds. The van der Waals surface area contributed by atoms with Crippen LogP contribution in [0.1, 0.15) is 61.8 Å². The second-order valence-corrected chi connectivity index (χ2v) is 6.90. The molecule has 2 aromatic rings. The van der Waals surface area contributed by atoms with E-state index in [-0.39, 0.29) is 6.61 Å². The molecule has 0 aliphatic heterocycles. The van der Waals surface area contributed by atoms with Crippen LogP contribution >= 0.6 is 0 Å². The van der Waals surface area contributed by atoms with Crippen molar-refractivity contribution in [2.45, 2.75) is 39.5 Å². The first kappa shape index (κ1) is 22.4. The van der Waals surface area contributed by atoms with Crippen LogP contribution in [0.25, 0.3) is 12.2 Å². The Bertz CT molecular complexity index is 736. The molecule has 3 nitrogen and oxygen atoms in total. The van der Waals surface area contributed by atoms with Crippen molar-refractivity contribution in [2.24, 2.45) is 0 Å². The van der Waals surface area contributed by atoms with Crippen molar-refractivity contribution in [1.82, 2.24) is 0 Å². The molecule has 2 rings (SSSR count). The molecule has 0 spiro atoms. The van der Waals surface area contributed by atoms with Crippen LogP contribution in [0.15, 0.2) is 60.7 Å². The van der Waals surface area contributed by atoms with E-state index in [1.807, 2.05) is 30.3 Å². The third-order valence-corrected chi connectivity index (χ3v) is 4.04. The Labute approximate surface area is 162 Å². The number of hydrogen-bond donors (Lipinski definition) is 2. The minimum Gasteiger partial charge on any atom is -0.478 e. The number of benzene rings is 2. The zero-order chi connectivity index (χ0) is 20.2. The maximum Gasteiger partial charge on any atom is 0.328 e. The number of rotatable bonds is 6. The quantitative estimate of drug-likeness (QED) is 0.643. The first-order valence-electron chi connectivity index (χ1n) is 9.21. The number of aliphatic carboxylic acids is 1. The third-order valence-electron chi connectivity index (χ3n) is 4.04. The molecule has 0 aliphatic rings. The first-order valence-corrected chi connectivity index (χ1v) is 9.21. The molecule has 0 bridgehead atoms. The average Bonchev–Trinajstić information content (AvgIpc) is 2.66. The zero-order valence-electron chi connectivity index (χ0n) is 16.6. The van der Waals surface area contributed by atoms with Gasteiger partial charge < -0.3 is 10.2 Å². The molecule has 0 unspecified atom stereocenters. The molecule has 0 atom stereocenters. The molecular weight excluding hydrogens is 336 g/mol. The van der Waals surface area contributed by atoms with Crippen molar-refractivity contribution >= 4 is 18.1 Å². The lowest BCUT2D eigenvalue weighted by molar-refractivity contribution is -0.131. The lowest BCUT2D eigenvalue weighted by Gasteiger charge is -2.04. The summed E-state index contributed by atoms with van der Waals surface area (Å²) in [6.45, 7) is 8.72. The fourth-order valence-electron chi connectivity index (χ4n) is 2.34. The molecule has 0 saturated heterocycles. The summed E-state index contributed by atoms with van der Waals surface area (Å²) in [6.07, 6.45) is 6.39. The minimum atomic E-state index is -0.919. The van der Waals surface area contributed by atoms with Crippen LogP contribution in [-0.2, 0) is 4.79 Å². The number of carboxylic acid groups (broad SMARTS) is 1. The number of carbonyl (C=O) groups is 1. The lowest BCUT2D eigenvalue weighted by Crippen LogP contribution is -1.87. The largest absolute Gasteiger partial charge is 0.478 e. The van der Waals surface area contributed by atoms with Crippen molar-refractivity contribution in [2.75, 3.05) is 6.61 Å². The normalized spacial score (nSPS) is 11.2. The monoisotopic (exact) mass is 366 g/mol. The topological polar surface area (TPSA) is 57.5 Å². The van der Waals surface area contributed by atoms with E-state index < -0.39 is 5.97 Å². The van der Waals surface area contributed by atoms with E-state index in [1.54, 1.807) is 12.2 Å². The molecule has 0 aromatic heterocycles. The number of hydrogen-bond acceptors (Lipinski definition) is 2. The first-order chi connectivity index (χ1) is 12.8. The highest BCUT2D eigenvalue weighted by atomic mass is 16.4. The van der Waals surface area contributed by atoms with Crippen molar-refractivity contribution in [3.63, 3.8) is 0 Å². The van der Waals surface area contributed by atoms with Gasteiger partial charge in [-0.05, 0) is 40.2 Å². The van der Waals surface area contributed by atoms with Gasteiger partial charge in [-0.1, -0.05) is 88.4 Å². The van der Waals surface area contributed by atoms with Crippen LogP contribution in [0.2, 0.25) is 0 Å². The smallest absolute Gasteiger partial charge is 0.328 e. The van der Waals surface area contributed by atoms with Gasteiger partial charge in [-0.3, -0.25) is 0 Å². The van der Waals surface area contributed by atoms with E-state index in [0.717, 1.165) is 17.2 Å². The van der Waals surface area contributed by atoms with Gasteiger partial charge in [0.05, 0.1) is 6.61 Å². The summed E-state index contributed by atoms with van der Waals surface area (Å²) in [6, 6.07) is 16.3. The van der Waals surface area contributed by atoms with Crippen molar-refractivity contribution in [1.29, 1.82) is 0 Å². The molecule has 2 aromatic carbocycles. The highest BCUT2D eigenvalue weighted by Crippen LogP contribution is 2.16. The molecule has 0 heterocycles. The van der Waals surface area contributed by atoms with E-state index in [9.17, 15) is 4.79 Å². The number of aliphatic hydroxyl groups is 1. The second-order valence-electron chi connectivity index (χ2n) is 6.90. The Hall–Kier alpha value is -2.65. The highest BCUT2D eigenvalue weighted by Gasteiger charge is 1.97. The summed E-state index contributed by atoms with van der Waals surface area (Å²) in [5.41, 5.74) is 4.66. The molecule has 144 valence electrons. The van der Waals surface area contributed by atoms with Gasteiger partial charge in [0.15, 0.2) is 0 Å². The Morgan fingerprint density at radius 2 is 1.22 bits per heavy atom. The van der Waals surface area contributed by atoms with Crippen molar-refractivity contribution < 1.29 is 15.0 Å². The summed E-state index contributed by atoms with van der Waals surface area (Å²) >= 11 is 0. The van der Waals surface area contributed by atoms with Crippen LogP contribution in [-0.4, -0.2) is 22.8 Å². The Morgan fingerprint density at radius 3 is 1.56 bits per heavy atom. The van der Waals surface area contributed by atoms with Crippen LogP contribution < -0.4 is 0 Å². The summed E-state index contributed by atoms with van der Waals surface area (Å²) in [4.78, 5) is 10.3. The molecule has 27 heavy (non-hydrogen) atoms. The molecule has 0 fully saturated rings. The van der Waals surface area contributed by atoms with Crippen LogP contribution in [0.4, 0.5) is 0 Å². The average molecular weight is 367 g/mol. The van der Waals surface area contributed by atoms with Gasteiger partial charge in [0, 0.05) is 6.08 Å². The third kappa shape index (κ3) is 9.02. The zero-order valence-corrected chi connectivity index (χ0v) is 16.6. The maximum atomic E-state index is 10.3. The van der Waals surface area contributed by atoms with Crippen LogP contribution in [0.5, 0.6) is 0 Å². The SMILES string of the molecule is CC(C)c1ccc(/C=C/C(=O)O)cc1.CC(C)c1ccc(/C=C/CO)cc1. The second kappa shape index (κ2) is 11.9. The Balaban J connectivity index is 0.000000271. The van der Waals surface area contributed by atoms with Crippen LogP contribution in [0, 0.1) is 0 Å². The predicted molar refractivity (Wildman–Crippen MR) is 114 cm³/mol. The van der Waals surface area contributed by atoms with Crippen LogP contribution in [0.3, 0.4) is 0 Å². The lowest BCUT2D eigenvalue weighted by atomic mass is 10.0. The Morgan fingerprint density at radius 1 is 0.815 bits per heavy atom. The van der Waals surface area contributed by atoms with Crippen molar-refractivity contribution in [3.8, 4) is 0 Å². The van der Waals surface area contributed by atoms with Gasteiger partial charge in [0.2, 0.25) is 0 Å². The number of carboxylic acids is 1. The van der Waals surface area contributed by atoms with E-state index in [2.05, 4.69) is 52.0 Å².